The lowest BCUT2D eigenvalue weighted by Gasteiger charge is -2.02. The Hall–Kier alpha value is -3.62. The van der Waals surface area contributed by atoms with Crippen LogP contribution in [0.3, 0.4) is 0 Å². The Balaban J connectivity index is 1.49. The lowest BCUT2D eigenvalue weighted by molar-refractivity contribution is 0.116. The van der Waals surface area contributed by atoms with Crippen molar-refractivity contribution in [1.82, 2.24) is 25.2 Å². The summed E-state index contributed by atoms with van der Waals surface area (Å²) in [5.74, 6) is -0.632. The molecule has 2 aromatic heterocycles. The molecule has 4 rings (SSSR count). The van der Waals surface area contributed by atoms with E-state index in [0.29, 0.717) is 17.8 Å². The fourth-order valence-electron chi connectivity index (χ4n) is 2.59. The van der Waals surface area contributed by atoms with Gasteiger partial charge in [-0.3, -0.25) is 0 Å². The number of rotatable bonds is 5. The second-order valence-electron chi connectivity index (χ2n) is 5.87. The summed E-state index contributed by atoms with van der Waals surface area (Å²) in [6, 6.07) is 14.6. The molecule has 0 saturated heterocycles. The van der Waals surface area contributed by atoms with E-state index >= 15 is 0 Å². The van der Waals surface area contributed by atoms with Gasteiger partial charge in [-0.15, -0.1) is 15.3 Å². The van der Waals surface area contributed by atoms with Crippen LogP contribution in [0.5, 0.6) is 0 Å². The number of hydrogen-bond acceptors (Lipinski definition) is 6. The molecule has 2 N–H and O–H groups in total. The summed E-state index contributed by atoms with van der Waals surface area (Å²) < 4.78 is 31.7. The summed E-state index contributed by atoms with van der Waals surface area (Å²) in [7, 11) is 0. The maximum atomic E-state index is 12.5. The topological polar surface area (TPSA) is 95.7 Å². The summed E-state index contributed by atoms with van der Waals surface area (Å²) in [4.78, 5) is 0. The Morgan fingerprint density at radius 2 is 1.81 bits per heavy atom. The van der Waals surface area contributed by atoms with Gasteiger partial charge in [0.1, 0.15) is 5.69 Å². The average molecular weight is 368 g/mol. The maximum Gasteiger partial charge on any atom is 0.314 e. The van der Waals surface area contributed by atoms with Crippen molar-refractivity contribution in [2.45, 2.75) is 13.0 Å². The summed E-state index contributed by atoms with van der Waals surface area (Å²) >= 11 is 0. The lowest BCUT2D eigenvalue weighted by Crippen LogP contribution is -2.00. The Morgan fingerprint density at radius 3 is 2.52 bits per heavy atom. The highest BCUT2D eigenvalue weighted by Crippen LogP contribution is 2.24. The van der Waals surface area contributed by atoms with Gasteiger partial charge in [-0.2, -0.15) is 8.78 Å². The van der Waals surface area contributed by atoms with Crippen LogP contribution in [0.15, 0.2) is 59.1 Å². The minimum absolute atomic E-state index is 0.0570. The van der Waals surface area contributed by atoms with Crippen molar-refractivity contribution >= 4 is 5.69 Å². The molecule has 0 saturated carbocycles. The zero-order valence-corrected chi connectivity index (χ0v) is 14.0. The normalized spacial score (nSPS) is 11.2. The molecule has 0 spiro atoms. The van der Waals surface area contributed by atoms with Crippen molar-refractivity contribution in [2.75, 3.05) is 5.73 Å². The number of aromatic nitrogens is 5. The molecule has 7 nitrogen and oxygen atoms in total. The Morgan fingerprint density at radius 1 is 1.00 bits per heavy atom. The molecule has 27 heavy (non-hydrogen) atoms. The Kier molecular flexibility index (Phi) is 4.33. The molecule has 0 fully saturated rings. The molecule has 0 atom stereocenters. The number of alkyl halides is 2. The zero-order chi connectivity index (χ0) is 18.8. The van der Waals surface area contributed by atoms with E-state index in [-0.39, 0.29) is 5.89 Å². The van der Waals surface area contributed by atoms with Gasteiger partial charge in [0.2, 0.25) is 5.89 Å². The van der Waals surface area contributed by atoms with E-state index in [1.165, 1.54) is 0 Å². The van der Waals surface area contributed by atoms with E-state index in [2.05, 4.69) is 20.5 Å². The van der Waals surface area contributed by atoms with Crippen LogP contribution in [0.4, 0.5) is 14.5 Å². The molecular formula is C18H14F2N6O. The van der Waals surface area contributed by atoms with E-state index in [9.17, 15) is 8.78 Å². The second kappa shape index (κ2) is 6.94. The van der Waals surface area contributed by atoms with Gasteiger partial charge in [0, 0.05) is 16.8 Å². The quantitative estimate of drug-likeness (QED) is 0.541. The first-order valence-electron chi connectivity index (χ1n) is 8.05. The number of anilines is 1. The summed E-state index contributed by atoms with van der Waals surface area (Å²) in [5, 5.41) is 15.2. The molecular weight excluding hydrogens is 354 g/mol. The number of halogens is 2. The van der Waals surface area contributed by atoms with Gasteiger partial charge in [-0.1, -0.05) is 29.5 Å². The molecule has 9 heteroatoms. The molecule has 0 aliphatic rings. The van der Waals surface area contributed by atoms with Crippen LogP contribution in [0.1, 0.15) is 17.9 Å². The molecule has 0 unspecified atom stereocenters. The van der Waals surface area contributed by atoms with Gasteiger partial charge in [0.15, 0.2) is 0 Å². The van der Waals surface area contributed by atoms with Crippen molar-refractivity contribution in [1.29, 1.82) is 0 Å². The van der Waals surface area contributed by atoms with Crippen LogP contribution in [0, 0.1) is 0 Å². The van der Waals surface area contributed by atoms with Crippen molar-refractivity contribution < 1.29 is 13.2 Å². The first kappa shape index (κ1) is 16.8. The van der Waals surface area contributed by atoms with Crippen LogP contribution in [-0.2, 0) is 6.54 Å². The lowest BCUT2D eigenvalue weighted by atomic mass is 10.1. The zero-order valence-electron chi connectivity index (χ0n) is 14.0. The molecule has 2 aromatic carbocycles. The third-order valence-electron chi connectivity index (χ3n) is 3.89. The predicted octanol–water partition coefficient (Wildman–Crippen LogP) is 3.56. The molecule has 0 aliphatic heterocycles. The summed E-state index contributed by atoms with van der Waals surface area (Å²) in [6.45, 7) is 0.502. The highest BCUT2D eigenvalue weighted by molar-refractivity contribution is 5.62. The molecule has 2 heterocycles. The van der Waals surface area contributed by atoms with Gasteiger partial charge in [-0.05, 0) is 29.8 Å². The first-order chi connectivity index (χ1) is 13.1. The standard InChI is InChI=1S/C18H14F2N6O/c19-16(20)18-24-23-17(27-18)12-6-4-11(5-7-12)9-26-10-15(22-25-26)13-2-1-3-14(21)8-13/h1-8,10,16H,9,21H2. The average Bonchev–Trinajstić information content (AvgIpc) is 3.32. The third-order valence-corrected chi connectivity index (χ3v) is 3.89. The number of nitrogens with zero attached hydrogens (tertiary/aromatic N) is 5. The number of benzene rings is 2. The highest BCUT2D eigenvalue weighted by Gasteiger charge is 2.16. The SMILES string of the molecule is Nc1cccc(-c2cn(Cc3ccc(-c4nnc(C(F)F)o4)cc3)nn2)c1. The van der Waals surface area contributed by atoms with E-state index < -0.39 is 12.3 Å². The monoisotopic (exact) mass is 368 g/mol. The van der Waals surface area contributed by atoms with Gasteiger partial charge in [-0.25, -0.2) is 4.68 Å². The summed E-state index contributed by atoms with van der Waals surface area (Å²) in [6.07, 6.45) is -0.956. The van der Waals surface area contributed by atoms with E-state index in [0.717, 1.165) is 16.8 Å². The maximum absolute atomic E-state index is 12.5. The van der Waals surface area contributed by atoms with Crippen molar-refractivity contribution in [3.05, 3.63) is 66.2 Å². The van der Waals surface area contributed by atoms with Crippen LogP contribution in [-0.4, -0.2) is 25.2 Å². The molecule has 0 bridgehead atoms. The number of hydrogen-bond donors (Lipinski definition) is 1. The van der Waals surface area contributed by atoms with Crippen LogP contribution in [0.2, 0.25) is 0 Å². The predicted molar refractivity (Wildman–Crippen MR) is 93.7 cm³/mol. The molecule has 136 valence electrons. The van der Waals surface area contributed by atoms with E-state index in [1.807, 2.05) is 42.6 Å². The van der Waals surface area contributed by atoms with Gasteiger partial charge >= 0.3 is 6.43 Å². The van der Waals surface area contributed by atoms with Crippen LogP contribution < -0.4 is 5.73 Å². The molecule has 0 radical (unpaired) electrons. The molecule has 0 amide bonds. The van der Waals surface area contributed by atoms with E-state index in [4.69, 9.17) is 10.2 Å². The first-order valence-corrected chi connectivity index (χ1v) is 8.05. The molecule has 4 aromatic rings. The highest BCUT2D eigenvalue weighted by atomic mass is 19.3. The minimum atomic E-state index is -2.79. The molecule has 0 aliphatic carbocycles. The minimum Gasteiger partial charge on any atom is -0.415 e. The van der Waals surface area contributed by atoms with Crippen molar-refractivity contribution in [2.24, 2.45) is 0 Å². The van der Waals surface area contributed by atoms with Crippen molar-refractivity contribution in [3.8, 4) is 22.7 Å². The Labute approximate surface area is 152 Å². The van der Waals surface area contributed by atoms with Gasteiger partial charge in [0.25, 0.3) is 5.89 Å². The number of nitrogen functional groups attached to an aromatic ring is 1. The third kappa shape index (κ3) is 3.66. The fraction of sp³-hybridized carbons (Fsp3) is 0.111. The van der Waals surface area contributed by atoms with Crippen LogP contribution >= 0.6 is 0 Å². The number of nitrogens with two attached hydrogens (primary N) is 1. The van der Waals surface area contributed by atoms with Gasteiger partial charge in [0.05, 0.1) is 12.7 Å². The largest absolute Gasteiger partial charge is 0.415 e. The summed E-state index contributed by atoms with van der Waals surface area (Å²) in [5.41, 5.74) is 9.59. The van der Waals surface area contributed by atoms with E-state index in [1.54, 1.807) is 16.8 Å². The fourth-order valence-corrected chi connectivity index (χ4v) is 2.59. The van der Waals surface area contributed by atoms with Crippen LogP contribution in [0.25, 0.3) is 22.7 Å². The van der Waals surface area contributed by atoms with Crippen molar-refractivity contribution in [3.63, 3.8) is 0 Å². The smallest absolute Gasteiger partial charge is 0.314 e. The van der Waals surface area contributed by atoms with Gasteiger partial charge < -0.3 is 10.2 Å². The Bertz CT molecular complexity index is 1060. The second-order valence-corrected chi connectivity index (χ2v) is 5.87.